The molecule has 0 spiro atoms. The van der Waals surface area contributed by atoms with Crippen LogP contribution in [0.2, 0.25) is 0 Å². The average molecular weight is 357 g/mol. The Bertz CT molecular complexity index is 898. The van der Waals surface area contributed by atoms with Crippen LogP contribution in [0.15, 0.2) is 97.6 Å². The Kier molecular flexibility index (Phi) is 6.04. The molecular formula is C24H24NP. The van der Waals surface area contributed by atoms with Crippen molar-refractivity contribution < 1.29 is 0 Å². The molecule has 3 aromatic carbocycles. The van der Waals surface area contributed by atoms with Crippen molar-refractivity contribution in [2.45, 2.75) is 12.6 Å². The molecule has 26 heavy (non-hydrogen) atoms. The quantitative estimate of drug-likeness (QED) is 0.383. The van der Waals surface area contributed by atoms with Crippen LogP contribution in [0.3, 0.4) is 0 Å². The SMILES string of the molecule is C=C(PC(/C=C(\C)c1cccc(N)c1)c1ccccc1)c1ccccc1. The van der Waals surface area contributed by atoms with E-state index in [0.29, 0.717) is 14.2 Å². The van der Waals surface area contributed by atoms with Crippen molar-refractivity contribution in [3.8, 4) is 0 Å². The molecule has 2 heteroatoms. The fourth-order valence-electron chi connectivity index (χ4n) is 2.92. The van der Waals surface area contributed by atoms with E-state index in [-0.39, 0.29) is 0 Å². The lowest BCUT2D eigenvalue weighted by Crippen LogP contribution is -1.92. The van der Waals surface area contributed by atoms with E-state index in [1.165, 1.54) is 27.6 Å². The van der Waals surface area contributed by atoms with E-state index in [4.69, 9.17) is 5.73 Å². The summed E-state index contributed by atoms with van der Waals surface area (Å²) in [5.74, 6) is 0. The van der Waals surface area contributed by atoms with E-state index in [1.807, 2.05) is 24.3 Å². The van der Waals surface area contributed by atoms with Crippen molar-refractivity contribution in [2.75, 3.05) is 5.73 Å². The van der Waals surface area contributed by atoms with Crippen molar-refractivity contribution >= 4 is 25.2 Å². The van der Waals surface area contributed by atoms with Crippen LogP contribution >= 0.6 is 8.58 Å². The third kappa shape index (κ3) is 4.71. The molecule has 0 radical (unpaired) electrons. The highest BCUT2D eigenvalue weighted by atomic mass is 31.1. The van der Waals surface area contributed by atoms with Gasteiger partial charge in [0.05, 0.1) is 0 Å². The Balaban J connectivity index is 1.91. The van der Waals surface area contributed by atoms with Crippen LogP contribution in [0.5, 0.6) is 0 Å². The van der Waals surface area contributed by atoms with Gasteiger partial charge in [0.15, 0.2) is 0 Å². The van der Waals surface area contributed by atoms with E-state index in [1.54, 1.807) is 0 Å². The van der Waals surface area contributed by atoms with E-state index in [9.17, 15) is 0 Å². The molecule has 0 saturated carbocycles. The predicted molar refractivity (Wildman–Crippen MR) is 117 cm³/mol. The fraction of sp³-hybridized carbons (Fsp3) is 0.0833. The lowest BCUT2D eigenvalue weighted by atomic mass is 10.0. The molecule has 2 N–H and O–H groups in total. The van der Waals surface area contributed by atoms with Gasteiger partial charge in [-0.3, -0.25) is 0 Å². The Morgan fingerprint density at radius 3 is 2.15 bits per heavy atom. The van der Waals surface area contributed by atoms with Gasteiger partial charge in [-0.1, -0.05) is 94.0 Å². The van der Waals surface area contributed by atoms with Crippen LogP contribution in [-0.2, 0) is 0 Å². The van der Waals surface area contributed by atoms with Gasteiger partial charge in [0.25, 0.3) is 0 Å². The molecule has 3 rings (SSSR count). The zero-order valence-corrected chi connectivity index (χ0v) is 16.0. The number of nitrogens with two attached hydrogens (primary N) is 1. The summed E-state index contributed by atoms with van der Waals surface area (Å²) in [7, 11) is 0.585. The number of rotatable bonds is 6. The van der Waals surface area contributed by atoms with Gasteiger partial charge in [0.2, 0.25) is 0 Å². The Morgan fingerprint density at radius 2 is 1.50 bits per heavy atom. The molecule has 2 atom stereocenters. The minimum absolute atomic E-state index is 0.297. The standard InChI is InChI=1S/C24H24NP/c1-18(22-14-9-15-23(25)17-22)16-24(21-12-7-4-8-13-21)26-19(2)20-10-5-3-6-11-20/h3-17,24,26H,2,25H2,1H3/b18-16+. The van der Waals surface area contributed by atoms with Gasteiger partial charge in [0.1, 0.15) is 0 Å². The summed E-state index contributed by atoms with van der Waals surface area (Å²) >= 11 is 0. The van der Waals surface area contributed by atoms with Crippen LogP contribution in [0.4, 0.5) is 5.69 Å². The van der Waals surface area contributed by atoms with E-state index in [2.05, 4.69) is 80.2 Å². The molecule has 0 aliphatic rings. The van der Waals surface area contributed by atoms with Gasteiger partial charge in [-0.05, 0) is 46.6 Å². The van der Waals surface area contributed by atoms with Crippen molar-refractivity contribution in [2.24, 2.45) is 0 Å². The number of hydrogen-bond donors (Lipinski definition) is 1. The Hall–Kier alpha value is -2.63. The lowest BCUT2D eigenvalue weighted by Gasteiger charge is -2.17. The van der Waals surface area contributed by atoms with Gasteiger partial charge in [-0.2, -0.15) is 0 Å². The van der Waals surface area contributed by atoms with Crippen molar-refractivity contribution in [1.82, 2.24) is 0 Å². The molecule has 2 unspecified atom stereocenters. The van der Waals surface area contributed by atoms with Gasteiger partial charge in [-0.25, -0.2) is 0 Å². The van der Waals surface area contributed by atoms with Crippen molar-refractivity contribution in [1.29, 1.82) is 0 Å². The minimum atomic E-state index is 0.297. The second-order valence-electron chi connectivity index (χ2n) is 6.35. The van der Waals surface area contributed by atoms with Gasteiger partial charge in [0, 0.05) is 11.3 Å². The molecule has 130 valence electrons. The lowest BCUT2D eigenvalue weighted by molar-refractivity contribution is 1.22. The number of hydrogen-bond acceptors (Lipinski definition) is 1. The van der Waals surface area contributed by atoms with Crippen LogP contribution in [-0.4, -0.2) is 0 Å². The zero-order chi connectivity index (χ0) is 18.4. The molecule has 0 amide bonds. The summed E-state index contributed by atoms with van der Waals surface area (Å²) in [6.07, 6.45) is 2.34. The fourth-order valence-corrected chi connectivity index (χ4v) is 4.32. The molecule has 0 bridgehead atoms. The maximum Gasteiger partial charge on any atom is 0.0320 e. The average Bonchev–Trinajstić information content (AvgIpc) is 2.68. The monoisotopic (exact) mass is 357 g/mol. The number of nitrogen functional groups attached to an aromatic ring is 1. The Labute approximate surface area is 158 Å². The summed E-state index contributed by atoms with van der Waals surface area (Å²) in [6.45, 7) is 6.50. The van der Waals surface area contributed by atoms with Crippen LogP contribution in [0.25, 0.3) is 10.9 Å². The molecule has 3 aromatic rings. The summed E-state index contributed by atoms with van der Waals surface area (Å²) in [5.41, 5.74) is 12.0. The second-order valence-corrected chi connectivity index (χ2v) is 7.87. The van der Waals surface area contributed by atoms with Gasteiger partial charge >= 0.3 is 0 Å². The molecule has 0 aromatic heterocycles. The first kappa shape index (κ1) is 18.2. The summed E-state index contributed by atoms with van der Waals surface area (Å²) in [6, 6.07) is 29.1. The largest absolute Gasteiger partial charge is 0.399 e. The summed E-state index contributed by atoms with van der Waals surface area (Å²) < 4.78 is 0. The third-order valence-corrected chi connectivity index (χ3v) is 5.82. The zero-order valence-electron chi connectivity index (χ0n) is 15.0. The first-order valence-electron chi connectivity index (χ1n) is 8.73. The molecule has 0 heterocycles. The minimum Gasteiger partial charge on any atom is -0.399 e. The second kappa shape index (κ2) is 8.65. The third-order valence-electron chi connectivity index (χ3n) is 4.37. The number of benzene rings is 3. The smallest absolute Gasteiger partial charge is 0.0320 e. The Morgan fingerprint density at radius 1 is 0.885 bits per heavy atom. The van der Waals surface area contributed by atoms with Crippen LogP contribution < -0.4 is 5.73 Å². The molecule has 1 nitrogen and oxygen atoms in total. The molecular weight excluding hydrogens is 333 g/mol. The molecule has 0 aliphatic heterocycles. The normalized spacial score (nSPS) is 13.0. The first-order valence-corrected chi connectivity index (χ1v) is 9.81. The van der Waals surface area contributed by atoms with Crippen LogP contribution in [0.1, 0.15) is 29.3 Å². The van der Waals surface area contributed by atoms with E-state index in [0.717, 1.165) is 5.69 Å². The van der Waals surface area contributed by atoms with Crippen LogP contribution in [0, 0.1) is 0 Å². The highest BCUT2D eigenvalue weighted by Gasteiger charge is 2.12. The highest BCUT2D eigenvalue weighted by molar-refractivity contribution is 7.51. The summed E-state index contributed by atoms with van der Waals surface area (Å²) in [4.78, 5) is 0. The van der Waals surface area contributed by atoms with E-state index >= 15 is 0 Å². The van der Waals surface area contributed by atoms with Gasteiger partial charge in [-0.15, -0.1) is 0 Å². The van der Waals surface area contributed by atoms with Gasteiger partial charge < -0.3 is 5.73 Å². The highest BCUT2D eigenvalue weighted by Crippen LogP contribution is 2.46. The molecule has 0 aliphatic carbocycles. The first-order chi connectivity index (χ1) is 12.6. The number of anilines is 1. The number of allylic oxidation sites excluding steroid dienone is 2. The maximum absolute atomic E-state index is 5.96. The van der Waals surface area contributed by atoms with Crippen molar-refractivity contribution in [3.63, 3.8) is 0 Å². The van der Waals surface area contributed by atoms with Crippen molar-refractivity contribution in [3.05, 3.63) is 114 Å². The topological polar surface area (TPSA) is 26.0 Å². The predicted octanol–water partition coefficient (Wildman–Crippen LogP) is 6.76. The maximum atomic E-state index is 5.96. The molecule has 0 fully saturated rings. The summed E-state index contributed by atoms with van der Waals surface area (Å²) in [5, 5.41) is 1.18. The molecule has 0 saturated heterocycles. The van der Waals surface area contributed by atoms with E-state index < -0.39 is 0 Å².